The third kappa shape index (κ3) is 1.58. The van der Waals surface area contributed by atoms with Gasteiger partial charge < -0.3 is 9.40 Å². The molecule has 0 aliphatic rings. The van der Waals surface area contributed by atoms with E-state index in [0.717, 1.165) is 11.1 Å². The Bertz CT molecular complexity index is 844. The first-order valence-electron chi connectivity index (χ1n) is 5.34. The Hall–Kier alpha value is -2.21. The summed E-state index contributed by atoms with van der Waals surface area (Å²) in [5, 5.41) is 6.97. The Labute approximate surface area is 106 Å². The van der Waals surface area contributed by atoms with Gasteiger partial charge >= 0.3 is 0 Å². The van der Waals surface area contributed by atoms with E-state index in [4.69, 9.17) is 16.6 Å². The van der Waals surface area contributed by atoms with Crippen molar-refractivity contribution in [2.45, 2.75) is 6.92 Å². The fourth-order valence-electron chi connectivity index (χ4n) is 1.91. The summed E-state index contributed by atoms with van der Waals surface area (Å²) in [6.07, 6.45) is 1.59. The molecule has 0 saturated carbocycles. The van der Waals surface area contributed by atoms with Crippen molar-refractivity contribution >= 4 is 23.1 Å². The van der Waals surface area contributed by atoms with Crippen molar-refractivity contribution in [3.63, 3.8) is 0 Å². The van der Waals surface area contributed by atoms with Gasteiger partial charge in [-0.15, -0.1) is 5.10 Å². The highest BCUT2D eigenvalue weighted by atomic mass is 32.1. The minimum atomic E-state index is -0.127. The van der Waals surface area contributed by atoms with Crippen molar-refractivity contribution in [3.05, 3.63) is 45.0 Å². The number of pyridine rings is 1. The number of hydrogen-bond donors (Lipinski definition) is 2. The molecule has 0 aliphatic carbocycles. The molecule has 0 bridgehead atoms. The normalized spacial score (nSPS) is 10.9. The summed E-state index contributed by atoms with van der Waals surface area (Å²) >= 11 is 4.80. The second-order valence-corrected chi connectivity index (χ2v) is 4.32. The van der Waals surface area contributed by atoms with E-state index in [1.54, 1.807) is 12.3 Å². The van der Waals surface area contributed by atoms with Crippen LogP contribution in [0.4, 0.5) is 0 Å². The molecule has 2 N–H and O–H groups in total. The van der Waals surface area contributed by atoms with Gasteiger partial charge in [0.15, 0.2) is 0 Å². The number of fused-ring (bicyclic) bond motifs is 1. The molecule has 2 aromatic heterocycles. The van der Waals surface area contributed by atoms with Crippen molar-refractivity contribution in [1.29, 1.82) is 0 Å². The number of nitrogens with one attached hydrogen (secondary N) is 2. The first-order valence-corrected chi connectivity index (χ1v) is 5.74. The van der Waals surface area contributed by atoms with E-state index in [0.29, 0.717) is 10.9 Å². The minimum absolute atomic E-state index is 0.127. The Kier molecular flexibility index (Phi) is 2.38. The number of para-hydroxylation sites is 1. The molecule has 0 aliphatic heterocycles. The summed E-state index contributed by atoms with van der Waals surface area (Å²) in [6, 6.07) is 5.56. The highest BCUT2D eigenvalue weighted by molar-refractivity contribution is 7.71. The van der Waals surface area contributed by atoms with Crippen LogP contribution >= 0.6 is 12.2 Å². The van der Waals surface area contributed by atoms with Crippen molar-refractivity contribution in [2.24, 2.45) is 0 Å². The third-order valence-corrected chi connectivity index (χ3v) is 2.97. The lowest BCUT2D eigenvalue weighted by Gasteiger charge is -2.02. The molecule has 0 saturated heterocycles. The summed E-state index contributed by atoms with van der Waals surface area (Å²) < 4.78 is 5.16. The average molecular weight is 259 g/mol. The van der Waals surface area contributed by atoms with Gasteiger partial charge in [-0.05, 0) is 30.8 Å². The van der Waals surface area contributed by atoms with Crippen LogP contribution in [0.3, 0.4) is 0 Å². The van der Waals surface area contributed by atoms with E-state index in [9.17, 15) is 4.79 Å². The van der Waals surface area contributed by atoms with Crippen molar-refractivity contribution < 1.29 is 4.42 Å². The highest BCUT2D eigenvalue weighted by Gasteiger charge is 2.12. The third-order valence-electron chi connectivity index (χ3n) is 2.79. The van der Waals surface area contributed by atoms with Gasteiger partial charge in [-0.3, -0.25) is 4.79 Å². The maximum absolute atomic E-state index is 12.3. The van der Waals surface area contributed by atoms with Crippen LogP contribution in [-0.2, 0) is 0 Å². The number of nitrogens with zero attached hydrogens (tertiary/aromatic N) is 1. The Balaban J connectivity index is 2.37. The smallest absolute Gasteiger partial charge is 0.284 e. The molecule has 6 heteroatoms. The molecule has 0 amide bonds. The van der Waals surface area contributed by atoms with Gasteiger partial charge in [-0.1, -0.05) is 12.1 Å². The van der Waals surface area contributed by atoms with Gasteiger partial charge in [-0.2, -0.15) is 0 Å². The number of benzene rings is 1. The van der Waals surface area contributed by atoms with Crippen molar-refractivity contribution in [3.8, 4) is 11.5 Å². The van der Waals surface area contributed by atoms with E-state index in [1.165, 1.54) is 0 Å². The standard InChI is InChI=1S/C12H9N3O2S/c1-6-3-2-4-7-9(6)13-5-8(10(7)16)11-14-15-12(18)17-11/h2-5H,1H3,(H,13,16)(H,15,18). The van der Waals surface area contributed by atoms with Crippen molar-refractivity contribution in [1.82, 2.24) is 15.2 Å². The zero-order valence-corrected chi connectivity index (χ0v) is 10.3. The second kappa shape index (κ2) is 3.92. The Morgan fingerprint density at radius 1 is 1.39 bits per heavy atom. The van der Waals surface area contributed by atoms with Crippen LogP contribution in [0.1, 0.15) is 5.56 Å². The summed E-state index contributed by atoms with van der Waals surface area (Å²) in [7, 11) is 0. The van der Waals surface area contributed by atoms with Crippen LogP contribution in [0, 0.1) is 11.8 Å². The average Bonchev–Trinajstić information content (AvgIpc) is 2.77. The van der Waals surface area contributed by atoms with E-state index >= 15 is 0 Å². The molecule has 1 aromatic carbocycles. The largest absolute Gasteiger partial charge is 0.409 e. The summed E-state index contributed by atoms with van der Waals surface area (Å²) in [6.45, 7) is 1.94. The van der Waals surface area contributed by atoms with Gasteiger partial charge in [0, 0.05) is 11.6 Å². The van der Waals surface area contributed by atoms with Crippen LogP contribution < -0.4 is 5.43 Å². The maximum Gasteiger partial charge on any atom is 0.284 e. The van der Waals surface area contributed by atoms with E-state index < -0.39 is 0 Å². The molecule has 18 heavy (non-hydrogen) atoms. The zero-order valence-electron chi connectivity index (χ0n) is 9.48. The molecule has 2 heterocycles. The molecule has 0 spiro atoms. The molecule has 0 radical (unpaired) electrons. The number of hydrogen-bond acceptors (Lipinski definition) is 4. The first kappa shape index (κ1) is 10.9. The molecule has 3 aromatic rings. The van der Waals surface area contributed by atoms with Crippen LogP contribution in [0.25, 0.3) is 22.4 Å². The predicted octanol–water partition coefficient (Wildman–Crippen LogP) is 2.55. The molecule has 0 fully saturated rings. The molecular weight excluding hydrogens is 250 g/mol. The van der Waals surface area contributed by atoms with E-state index in [-0.39, 0.29) is 16.2 Å². The quantitative estimate of drug-likeness (QED) is 0.658. The Morgan fingerprint density at radius 3 is 2.94 bits per heavy atom. The highest BCUT2D eigenvalue weighted by Crippen LogP contribution is 2.17. The SMILES string of the molecule is Cc1cccc2c(=O)c(-c3n[nH]c(=S)o3)c[nH]c12. The molecule has 3 rings (SSSR count). The number of H-pyrrole nitrogens is 2. The predicted molar refractivity (Wildman–Crippen MR) is 70.0 cm³/mol. The first-order chi connectivity index (χ1) is 8.66. The second-order valence-electron chi connectivity index (χ2n) is 3.95. The maximum atomic E-state index is 12.3. The van der Waals surface area contributed by atoms with Gasteiger partial charge in [0.1, 0.15) is 5.56 Å². The van der Waals surface area contributed by atoms with Crippen LogP contribution in [0.15, 0.2) is 33.6 Å². The number of aryl methyl sites for hydroxylation is 1. The van der Waals surface area contributed by atoms with E-state index in [1.807, 2.05) is 19.1 Å². The van der Waals surface area contributed by atoms with Crippen LogP contribution in [-0.4, -0.2) is 15.2 Å². The summed E-state index contributed by atoms with van der Waals surface area (Å²) in [5.74, 6) is 0.199. The lowest BCUT2D eigenvalue weighted by molar-refractivity contribution is 0.551. The molecule has 90 valence electrons. The lowest BCUT2D eigenvalue weighted by Crippen LogP contribution is -2.07. The van der Waals surface area contributed by atoms with E-state index in [2.05, 4.69) is 15.2 Å². The van der Waals surface area contributed by atoms with Crippen LogP contribution in [0.5, 0.6) is 0 Å². The molecule has 0 atom stereocenters. The van der Waals surface area contributed by atoms with Crippen LogP contribution in [0.2, 0.25) is 0 Å². The van der Waals surface area contributed by atoms with Gasteiger partial charge in [-0.25, -0.2) is 5.10 Å². The van der Waals surface area contributed by atoms with Gasteiger partial charge in [0.2, 0.25) is 5.43 Å². The monoisotopic (exact) mass is 259 g/mol. The summed E-state index contributed by atoms with van der Waals surface area (Å²) in [4.78, 5) is 15.6. The lowest BCUT2D eigenvalue weighted by atomic mass is 10.1. The topological polar surface area (TPSA) is 74.7 Å². The van der Waals surface area contributed by atoms with Gasteiger partial charge in [0.05, 0.1) is 5.52 Å². The minimum Gasteiger partial charge on any atom is -0.409 e. The summed E-state index contributed by atoms with van der Waals surface area (Å²) in [5.41, 5.74) is 2.07. The number of aromatic amines is 2. The van der Waals surface area contributed by atoms with Crippen molar-refractivity contribution in [2.75, 3.05) is 0 Å². The van der Waals surface area contributed by atoms with Gasteiger partial charge in [0.25, 0.3) is 10.7 Å². The Morgan fingerprint density at radius 2 is 2.22 bits per heavy atom. The molecule has 5 nitrogen and oxygen atoms in total. The molecular formula is C12H9N3O2S. The zero-order chi connectivity index (χ0) is 12.7. The fraction of sp³-hybridized carbons (Fsp3) is 0.0833. The molecule has 0 unspecified atom stereocenters. The fourth-order valence-corrected chi connectivity index (χ4v) is 2.03. The number of aromatic nitrogens is 3. The number of rotatable bonds is 1.